The van der Waals surface area contributed by atoms with Crippen molar-refractivity contribution < 1.29 is 4.79 Å². The van der Waals surface area contributed by atoms with Crippen LogP contribution in [0.4, 0.5) is 0 Å². The Bertz CT molecular complexity index is 315. The largest absolute Gasteiger partial charge is 0.327 e. The van der Waals surface area contributed by atoms with Gasteiger partial charge in [0.15, 0.2) is 0 Å². The quantitative estimate of drug-likeness (QED) is 0.205. The Labute approximate surface area is 171 Å². The molecule has 2 nitrogen and oxygen atoms in total. The zero-order valence-corrected chi connectivity index (χ0v) is 19.1. The molecule has 0 aliphatic rings. The summed E-state index contributed by atoms with van der Waals surface area (Å²) < 4.78 is 0. The minimum Gasteiger partial charge on any atom is -0.327 e. The fourth-order valence-corrected chi connectivity index (χ4v) is 4.16. The molecule has 0 amide bonds. The first-order chi connectivity index (χ1) is 13.2. The number of hydrogen-bond acceptors (Lipinski definition) is 2. The third-order valence-electron chi connectivity index (χ3n) is 6.02. The number of unbranched alkanes of at least 4 members (excludes halogenated alkanes) is 14. The predicted molar refractivity (Wildman–Crippen MR) is 121 cm³/mol. The smallest absolute Gasteiger partial charge is 0.137 e. The summed E-state index contributed by atoms with van der Waals surface area (Å²) in [6.07, 6.45) is 24.2. The lowest BCUT2D eigenvalue weighted by molar-refractivity contribution is -0.123. The van der Waals surface area contributed by atoms with Gasteiger partial charge in [-0.25, -0.2) is 0 Å². The third-order valence-corrected chi connectivity index (χ3v) is 6.02. The number of rotatable bonds is 21. The highest BCUT2D eigenvalue weighted by Crippen LogP contribution is 2.18. The minimum atomic E-state index is 0.0730. The fourth-order valence-electron chi connectivity index (χ4n) is 4.16. The molecule has 0 spiro atoms. The summed E-state index contributed by atoms with van der Waals surface area (Å²) in [6, 6.07) is 0.0730. The highest BCUT2D eigenvalue weighted by Gasteiger charge is 2.22. The first-order valence-electron chi connectivity index (χ1n) is 12.5. The average Bonchev–Trinajstić information content (AvgIpc) is 2.65. The standard InChI is InChI=1S/C25H51NO/c1-4-7-8-9-10-11-12-13-14-15-16-17-18-19-20-22-25(27)23(6-3)24(26)21-5-2/h23-24H,4-22,26H2,1-3H3. The van der Waals surface area contributed by atoms with Crippen molar-refractivity contribution in [3.8, 4) is 0 Å². The molecule has 0 saturated carbocycles. The Kier molecular flexibility index (Phi) is 20.1. The molecular formula is C25H51NO. The molecule has 2 N–H and O–H groups in total. The Balaban J connectivity index is 3.38. The van der Waals surface area contributed by atoms with E-state index < -0.39 is 0 Å². The van der Waals surface area contributed by atoms with Crippen LogP contribution in [-0.4, -0.2) is 11.8 Å². The lowest BCUT2D eigenvalue weighted by Gasteiger charge is -2.20. The third kappa shape index (κ3) is 16.3. The fraction of sp³-hybridized carbons (Fsp3) is 0.960. The van der Waals surface area contributed by atoms with Crippen LogP contribution in [0, 0.1) is 5.92 Å². The van der Waals surface area contributed by atoms with E-state index in [9.17, 15) is 4.79 Å². The summed E-state index contributed by atoms with van der Waals surface area (Å²) >= 11 is 0. The second kappa shape index (κ2) is 20.4. The number of Topliss-reactive ketones (excluding diaryl/α,β-unsaturated/α-hetero) is 1. The second-order valence-corrected chi connectivity index (χ2v) is 8.63. The Morgan fingerprint density at radius 3 is 1.41 bits per heavy atom. The maximum Gasteiger partial charge on any atom is 0.137 e. The lowest BCUT2D eigenvalue weighted by atomic mass is 9.88. The van der Waals surface area contributed by atoms with Crippen LogP contribution in [-0.2, 0) is 4.79 Å². The van der Waals surface area contributed by atoms with Crippen molar-refractivity contribution in [1.29, 1.82) is 0 Å². The molecular weight excluding hydrogens is 330 g/mol. The SMILES string of the molecule is CCCCCCCCCCCCCCCCCC(=O)C(CC)C(N)CCC. The molecule has 27 heavy (non-hydrogen) atoms. The molecule has 2 atom stereocenters. The highest BCUT2D eigenvalue weighted by molar-refractivity contribution is 5.81. The van der Waals surface area contributed by atoms with Crippen LogP contribution in [0.15, 0.2) is 0 Å². The van der Waals surface area contributed by atoms with Gasteiger partial charge in [-0.05, 0) is 19.3 Å². The first kappa shape index (κ1) is 26.6. The van der Waals surface area contributed by atoms with Crippen LogP contribution in [0.1, 0.15) is 143 Å². The number of carbonyl (C=O) groups excluding carboxylic acids is 1. The van der Waals surface area contributed by atoms with Crippen molar-refractivity contribution in [2.75, 3.05) is 0 Å². The van der Waals surface area contributed by atoms with Gasteiger partial charge in [0, 0.05) is 18.4 Å². The van der Waals surface area contributed by atoms with Gasteiger partial charge in [-0.3, -0.25) is 4.79 Å². The zero-order chi connectivity index (χ0) is 20.2. The van der Waals surface area contributed by atoms with Gasteiger partial charge in [0.1, 0.15) is 5.78 Å². The molecule has 0 bridgehead atoms. The summed E-state index contributed by atoms with van der Waals surface area (Å²) in [5.41, 5.74) is 6.17. The number of nitrogens with two attached hydrogens (primary N) is 1. The van der Waals surface area contributed by atoms with Crippen LogP contribution < -0.4 is 5.73 Å². The molecule has 0 heterocycles. The second-order valence-electron chi connectivity index (χ2n) is 8.63. The van der Waals surface area contributed by atoms with Crippen LogP contribution >= 0.6 is 0 Å². The maximum atomic E-state index is 12.3. The molecule has 0 radical (unpaired) electrons. The van der Waals surface area contributed by atoms with E-state index in [1.54, 1.807) is 0 Å². The van der Waals surface area contributed by atoms with E-state index in [0.717, 1.165) is 32.1 Å². The summed E-state index contributed by atoms with van der Waals surface area (Å²) in [7, 11) is 0. The first-order valence-corrected chi connectivity index (χ1v) is 12.5. The summed E-state index contributed by atoms with van der Waals surface area (Å²) in [5.74, 6) is 0.504. The van der Waals surface area contributed by atoms with Gasteiger partial charge in [-0.15, -0.1) is 0 Å². The number of ketones is 1. The summed E-state index contributed by atoms with van der Waals surface area (Å²) in [6.45, 7) is 6.53. The van der Waals surface area contributed by atoms with E-state index in [0.29, 0.717) is 5.78 Å². The molecule has 0 aromatic rings. The molecule has 0 aromatic heterocycles. The van der Waals surface area contributed by atoms with Crippen molar-refractivity contribution in [3.05, 3.63) is 0 Å². The Hall–Kier alpha value is -0.370. The lowest BCUT2D eigenvalue weighted by Crippen LogP contribution is -2.35. The van der Waals surface area contributed by atoms with Gasteiger partial charge in [-0.1, -0.05) is 117 Å². The van der Waals surface area contributed by atoms with E-state index in [1.807, 2.05) is 0 Å². The molecule has 162 valence electrons. The molecule has 0 fully saturated rings. The van der Waals surface area contributed by atoms with Gasteiger partial charge < -0.3 is 5.73 Å². The van der Waals surface area contributed by atoms with Crippen molar-refractivity contribution >= 4 is 5.78 Å². The van der Waals surface area contributed by atoms with Crippen LogP contribution in [0.2, 0.25) is 0 Å². The number of carbonyl (C=O) groups is 1. The van der Waals surface area contributed by atoms with Crippen molar-refractivity contribution in [1.82, 2.24) is 0 Å². The Morgan fingerprint density at radius 1 is 0.630 bits per heavy atom. The highest BCUT2D eigenvalue weighted by atomic mass is 16.1. The molecule has 0 saturated heterocycles. The van der Waals surface area contributed by atoms with Gasteiger partial charge in [0.25, 0.3) is 0 Å². The van der Waals surface area contributed by atoms with E-state index >= 15 is 0 Å². The van der Waals surface area contributed by atoms with Gasteiger partial charge in [0.05, 0.1) is 0 Å². The minimum absolute atomic E-state index is 0.0730. The topological polar surface area (TPSA) is 43.1 Å². The predicted octanol–water partition coefficient (Wildman–Crippen LogP) is 7.97. The summed E-state index contributed by atoms with van der Waals surface area (Å²) in [4.78, 5) is 12.3. The zero-order valence-electron chi connectivity index (χ0n) is 19.1. The van der Waals surface area contributed by atoms with Crippen molar-refractivity contribution in [3.63, 3.8) is 0 Å². The molecule has 0 aliphatic heterocycles. The van der Waals surface area contributed by atoms with Crippen LogP contribution in [0.5, 0.6) is 0 Å². The van der Waals surface area contributed by atoms with E-state index in [4.69, 9.17) is 5.73 Å². The Morgan fingerprint density at radius 2 is 1.04 bits per heavy atom. The van der Waals surface area contributed by atoms with Gasteiger partial charge in [-0.2, -0.15) is 0 Å². The monoisotopic (exact) mass is 381 g/mol. The van der Waals surface area contributed by atoms with Crippen LogP contribution in [0.3, 0.4) is 0 Å². The van der Waals surface area contributed by atoms with Crippen molar-refractivity contribution in [2.45, 2.75) is 149 Å². The number of hydrogen-bond donors (Lipinski definition) is 1. The molecule has 2 heteroatoms. The molecule has 0 aliphatic carbocycles. The van der Waals surface area contributed by atoms with E-state index in [-0.39, 0.29) is 12.0 Å². The van der Waals surface area contributed by atoms with Gasteiger partial charge >= 0.3 is 0 Å². The average molecular weight is 382 g/mol. The summed E-state index contributed by atoms with van der Waals surface area (Å²) in [5, 5.41) is 0. The molecule has 0 aromatic carbocycles. The molecule has 0 rings (SSSR count). The van der Waals surface area contributed by atoms with Gasteiger partial charge in [0.2, 0.25) is 0 Å². The van der Waals surface area contributed by atoms with Crippen LogP contribution in [0.25, 0.3) is 0 Å². The normalized spacial score (nSPS) is 13.6. The van der Waals surface area contributed by atoms with E-state index in [1.165, 1.54) is 89.9 Å². The maximum absolute atomic E-state index is 12.3. The molecule has 2 unspecified atom stereocenters. The van der Waals surface area contributed by atoms with E-state index in [2.05, 4.69) is 20.8 Å². The van der Waals surface area contributed by atoms with Crippen molar-refractivity contribution in [2.24, 2.45) is 11.7 Å².